The van der Waals surface area contributed by atoms with Gasteiger partial charge in [0.05, 0.1) is 30.5 Å². The van der Waals surface area contributed by atoms with Crippen LogP contribution >= 0.6 is 0 Å². The molecular formula is C22H26N6O2. The van der Waals surface area contributed by atoms with Gasteiger partial charge in [-0.05, 0) is 23.8 Å². The van der Waals surface area contributed by atoms with Crippen molar-refractivity contribution in [3.63, 3.8) is 0 Å². The van der Waals surface area contributed by atoms with Crippen LogP contribution in [0.2, 0.25) is 0 Å². The Hall–Kier alpha value is -2.97. The number of hydrogen-bond donors (Lipinski definition) is 0. The van der Waals surface area contributed by atoms with E-state index in [0.717, 1.165) is 30.0 Å². The molecule has 30 heavy (non-hydrogen) atoms. The molecule has 1 saturated heterocycles. The van der Waals surface area contributed by atoms with Gasteiger partial charge in [0.1, 0.15) is 0 Å². The SMILES string of the molecule is Cn1cc2c(n1)[C@H](C(=O)N1CCOCC1)CN(Cc1ccc(-n3cccn3)cc1)C2. The number of amides is 1. The average molecular weight is 406 g/mol. The number of ether oxygens (including phenoxy) is 1. The molecule has 0 radical (unpaired) electrons. The molecular weight excluding hydrogens is 380 g/mol. The first-order valence-corrected chi connectivity index (χ1v) is 10.4. The number of benzene rings is 1. The fraction of sp³-hybridized carbons (Fsp3) is 0.409. The quantitative estimate of drug-likeness (QED) is 0.658. The smallest absolute Gasteiger partial charge is 0.233 e. The minimum atomic E-state index is -0.226. The largest absolute Gasteiger partial charge is 0.378 e. The van der Waals surface area contributed by atoms with Crippen LogP contribution in [0.15, 0.2) is 48.9 Å². The minimum Gasteiger partial charge on any atom is -0.378 e. The fourth-order valence-corrected chi connectivity index (χ4v) is 4.37. The highest BCUT2D eigenvalue weighted by molar-refractivity contribution is 5.84. The van der Waals surface area contributed by atoms with Gasteiger partial charge in [-0.25, -0.2) is 4.68 Å². The lowest BCUT2D eigenvalue weighted by molar-refractivity contribution is -0.137. The Morgan fingerprint density at radius 2 is 2.00 bits per heavy atom. The van der Waals surface area contributed by atoms with E-state index in [1.54, 1.807) is 6.20 Å². The normalized spacial score (nSPS) is 19.6. The zero-order valence-electron chi connectivity index (χ0n) is 17.1. The summed E-state index contributed by atoms with van der Waals surface area (Å²) in [7, 11) is 1.92. The summed E-state index contributed by atoms with van der Waals surface area (Å²) < 4.78 is 9.09. The molecule has 1 fully saturated rings. The number of rotatable bonds is 4. The van der Waals surface area contributed by atoms with E-state index in [2.05, 4.69) is 39.4 Å². The van der Waals surface area contributed by atoms with Gasteiger partial charge in [-0.1, -0.05) is 12.1 Å². The molecule has 1 atom stereocenters. The van der Waals surface area contributed by atoms with E-state index in [1.165, 1.54) is 5.56 Å². The Kier molecular flexibility index (Phi) is 5.10. The van der Waals surface area contributed by atoms with Gasteiger partial charge < -0.3 is 9.64 Å². The van der Waals surface area contributed by atoms with Crippen LogP contribution in [0.4, 0.5) is 0 Å². The van der Waals surface area contributed by atoms with Crippen LogP contribution < -0.4 is 0 Å². The van der Waals surface area contributed by atoms with E-state index in [9.17, 15) is 4.79 Å². The van der Waals surface area contributed by atoms with Gasteiger partial charge in [-0.2, -0.15) is 10.2 Å². The topological polar surface area (TPSA) is 68.4 Å². The zero-order chi connectivity index (χ0) is 20.5. The third-order valence-electron chi connectivity index (χ3n) is 5.83. The van der Waals surface area contributed by atoms with Crippen molar-refractivity contribution in [2.24, 2.45) is 7.05 Å². The first-order valence-electron chi connectivity index (χ1n) is 10.4. The average Bonchev–Trinajstić information content (AvgIpc) is 3.43. The zero-order valence-corrected chi connectivity index (χ0v) is 17.1. The molecule has 156 valence electrons. The molecule has 2 aliphatic rings. The van der Waals surface area contributed by atoms with Crippen molar-refractivity contribution in [2.45, 2.75) is 19.0 Å². The number of carbonyl (C=O) groups excluding carboxylic acids is 1. The number of aromatic nitrogens is 4. The maximum absolute atomic E-state index is 13.3. The van der Waals surface area contributed by atoms with Gasteiger partial charge in [-0.3, -0.25) is 14.4 Å². The summed E-state index contributed by atoms with van der Waals surface area (Å²) in [6.45, 7) is 4.82. The molecule has 2 aliphatic heterocycles. The minimum absolute atomic E-state index is 0.164. The Morgan fingerprint density at radius 1 is 1.20 bits per heavy atom. The summed E-state index contributed by atoms with van der Waals surface area (Å²) in [5.41, 5.74) is 4.33. The molecule has 1 aromatic carbocycles. The Labute approximate surface area is 175 Å². The standard InChI is InChI=1S/C22H26N6O2/c1-25-14-18-15-26(13-17-3-5-19(6-4-17)28-8-2-7-23-28)16-20(21(18)24-25)22(29)27-9-11-30-12-10-27/h2-8,14,20H,9-13,15-16H2,1H3/t20-/m1/s1. The molecule has 3 aromatic rings. The molecule has 8 heteroatoms. The van der Waals surface area contributed by atoms with Crippen molar-refractivity contribution in [1.29, 1.82) is 0 Å². The van der Waals surface area contributed by atoms with E-state index in [1.807, 2.05) is 39.8 Å². The van der Waals surface area contributed by atoms with E-state index in [4.69, 9.17) is 4.74 Å². The third kappa shape index (κ3) is 3.76. The summed E-state index contributed by atoms with van der Waals surface area (Å²) in [5, 5.41) is 8.91. The lowest BCUT2D eigenvalue weighted by Crippen LogP contribution is -2.47. The first kappa shape index (κ1) is 19.0. The number of morpholine rings is 1. The van der Waals surface area contributed by atoms with Gasteiger partial charge in [0.15, 0.2) is 0 Å². The molecule has 8 nitrogen and oxygen atoms in total. The van der Waals surface area contributed by atoms with Crippen LogP contribution in [0.1, 0.15) is 22.7 Å². The van der Waals surface area contributed by atoms with Crippen molar-refractivity contribution < 1.29 is 9.53 Å². The van der Waals surface area contributed by atoms with Crippen molar-refractivity contribution in [1.82, 2.24) is 29.4 Å². The summed E-state index contributed by atoms with van der Waals surface area (Å²) in [5.74, 6) is -0.0617. The van der Waals surface area contributed by atoms with Crippen molar-refractivity contribution in [3.8, 4) is 5.69 Å². The van der Waals surface area contributed by atoms with Gasteiger partial charge in [-0.15, -0.1) is 0 Å². The Bertz CT molecular complexity index is 1000. The number of hydrogen-bond acceptors (Lipinski definition) is 5. The molecule has 1 amide bonds. The van der Waals surface area contributed by atoms with Crippen LogP contribution in [-0.4, -0.2) is 68.1 Å². The summed E-state index contributed by atoms with van der Waals surface area (Å²) >= 11 is 0. The monoisotopic (exact) mass is 406 g/mol. The van der Waals surface area contributed by atoms with E-state index in [0.29, 0.717) is 32.8 Å². The van der Waals surface area contributed by atoms with E-state index in [-0.39, 0.29) is 11.8 Å². The van der Waals surface area contributed by atoms with Crippen LogP contribution in [0.3, 0.4) is 0 Å². The maximum Gasteiger partial charge on any atom is 0.233 e. The molecule has 0 N–H and O–H groups in total. The Balaban J connectivity index is 1.34. The molecule has 4 heterocycles. The predicted molar refractivity (Wildman–Crippen MR) is 111 cm³/mol. The highest BCUT2D eigenvalue weighted by atomic mass is 16.5. The number of fused-ring (bicyclic) bond motifs is 1. The number of carbonyl (C=O) groups is 1. The highest BCUT2D eigenvalue weighted by Crippen LogP contribution is 2.30. The van der Waals surface area contributed by atoms with Crippen LogP contribution in [0.5, 0.6) is 0 Å². The van der Waals surface area contributed by atoms with Crippen molar-refractivity contribution >= 4 is 5.91 Å². The van der Waals surface area contributed by atoms with Gasteiger partial charge in [0, 0.05) is 63.9 Å². The van der Waals surface area contributed by atoms with Crippen molar-refractivity contribution in [2.75, 3.05) is 32.8 Å². The van der Waals surface area contributed by atoms with Gasteiger partial charge in [0.2, 0.25) is 5.91 Å². The van der Waals surface area contributed by atoms with Crippen molar-refractivity contribution in [3.05, 3.63) is 65.7 Å². The predicted octanol–water partition coefficient (Wildman–Crippen LogP) is 1.56. The molecule has 5 rings (SSSR count). The van der Waals surface area contributed by atoms with Crippen LogP contribution in [-0.2, 0) is 29.7 Å². The van der Waals surface area contributed by atoms with Gasteiger partial charge in [0.25, 0.3) is 0 Å². The van der Waals surface area contributed by atoms with E-state index < -0.39 is 0 Å². The van der Waals surface area contributed by atoms with E-state index >= 15 is 0 Å². The first-order chi connectivity index (χ1) is 14.7. The molecule has 0 unspecified atom stereocenters. The molecule has 0 spiro atoms. The second-order valence-electron chi connectivity index (χ2n) is 7.99. The lowest BCUT2D eigenvalue weighted by atomic mass is 9.94. The fourth-order valence-electron chi connectivity index (χ4n) is 4.37. The summed E-state index contributed by atoms with van der Waals surface area (Å²) in [6.07, 6.45) is 5.76. The second-order valence-corrected chi connectivity index (χ2v) is 7.99. The number of nitrogens with zero attached hydrogens (tertiary/aromatic N) is 6. The molecule has 0 aliphatic carbocycles. The van der Waals surface area contributed by atoms with Gasteiger partial charge >= 0.3 is 0 Å². The second kappa shape index (κ2) is 8.04. The molecule has 0 bridgehead atoms. The number of aryl methyl sites for hydroxylation is 1. The Morgan fingerprint density at radius 3 is 2.73 bits per heavy atom. The summed E-state index contributed by atoms with van der Waals surface area (Å²) in [6, 6.07) is 10.3. The van der Waals surface area contributed by atoms with Crippen LogP contribution in [0.25, 0.3) is 5.69 Å². The third-order valence-corrected chi connectivity index (χ3v) is 5.83. The lowest BCUT2D eigenvalue weighted by Gasteiger charge is -2.35. The summed E-state index contributed by atoms with van der Waals surface area (Å²) in [4.78, 5) is 17.6. The molecule has 0 saturated carbocycles. The maximum atomic E-state index is 13.3. The highest BCUT2D eigenvalue weighted by Gasteiger charge is 2.36. The molecule has 2 aromatic heterocycles. The van der Waals surface area contributed by atoms with Crippen LogP contribution in [0, 0.1) is 0 Å².